The van der Waals surface area contributed by atoms with Crippen molar-refractivity contribution in [3.05, 3.63) is 59.5 Å². The van der Waals surface area contributed by atoms with Crippen LogP contribution in [0.3, 0.4) is 0 Å². The number of likely N-dealkylation sites (tertiary alicyclic amines) is 1. The number of hydrogen-bond acceptors (Lipinski definition) is 3. The lowest BCUT2D eigenvalue weighted by Crippen LogP contribution is -2.28. The van der Waals surface area contributed by atoms with E-state index in [1.165, 1.54) is 12.1 Å². The second-order valence-corrected chi connectivity index (χ2v) is 7.28. The van der Waals surface area contributed by atoms with E-state index >= 15 is 0 Å². The first-order chi connectivity index (χ1) is 13.9. The van der Waals surface area contributed by atoms with Gasteiger partial charge in [0.05, 0.1) is 5.56 Å². The number of pyridine rings is 1. The third-order valence-electron chi connectivity index (χ3n) is 5.28. The van der Waals surface area contributed by atoms with Crippen LogP contribution in [0, 0.1) is 0 Å². The molecule has 152 valence electrons. The Labute approximate surface area is 166 Å². The molecule has 0 spiro atoms. The SMILES string of the molecule is CCCn1c([C@@H]2CCN(C(=O)c3ccc(C(F)(F)F)cc3)C2)nc2cccnc21. The Bertz CT molecular complexity index is 1030. The van der Waals surface area contributed by atoms with Crippen molar-refractivity contribution in [2.45, 2.75) is 38.4 Å². The number of benzene rings is 1. The van der Waals surface area contributed by atoms with E-state index < -0.39 is 11.7 Å². The van der Waals surface area contributed by atoms with Gasteiger partial charge in [-0.1, -0.05) is 6.92 Å². The van der Waals surface area contributed by atoms with Gasteiger partial charge in [-0.3, -0.25) is 4.79 Å². The molecular formula is C21H21F3N4O. The van der Waals surface area contributed by atoms with E-state index in [1.807, 2.05) is 12.1 Å². The quantitative estimate of drug-likeness (QED) is 0.646. The summed E-state index contributed by atoms with van der Waals surface area (Å²) in [5.74, 6) is 0.745. The van der Waals surface area contributed by atoms with Crippen molar-refractivity contribution in [1.82, 2.24) is 19.4 Å². The summed E-state index contributed by atoms with van der Waals surface area (Å²) in [7, 11) is 0. The Morgan fingerprint density at radius 1 is 1.21 bits per heavy atom. The van der Waals surface area contributed by atoms with Crippen LogP contribution < -0.4 is 0 Å². The fraction of sp³-hybridized carbons (Fsp3) is 0.381. The van der Waals surface area contributed by atoms with Crippen LogP contribution in [-0.4, -0.2) is 38.4 Å². The van der Waals surface area contributed by atoms with Gasteiger partial charge in [-0.15, -0.1) is 0 Å². The largest absolute Gasteiger partial charge is 0.416 e. The summed E-state index contributed by atoms with van der Waals surface area (Å²) in [5, 5.41) is 0. The van der Waals surface area contributed by atoms with Crippen molar-refractivity contribution < 1.29 is 18.0 Å². The minimum Gasteiger partial charge on any atom is -0.338 e. The van der Waals surface area contributed by atoms with Crippen LogP contribution in [-0.2, 0) is 12.7 Å². The van der Waals surface area contributed by atoms with Gasteiger partial charge in [-0.25, -0.2) is 9.97 Å². The van der Waals surface area contributed by atoms with Gasteiger partial charge in [-0.05, 0) is 49.2 Å². The third-order valence-corrected chi connectivity index (χ3v) is 5.28. The molecule has 1 atom stereocenters. The van der Waals surface area contributed by atoms with Crippen molar-refractivity contribution in [3.63, 3.8) is 0 Å². The normalized spacial score (nSPS) is 17.2. The minimum atomic E-state index is -4.41. The van der Waals surface area contributed by atoms with E-state index in [9.17, 15) is 18.0 Å². The number of carbonyl (C=O) groups excluding carboxylic acids is 1. The van der Waals surface area contributed by atoms with E-state index in [4.69, 9.17) is 4.98 Å². The maximum atomic E-state index is 12.8. The molecule has 0 radical (unpaired) electrons. The van der Waals surface area contributed by atoms with Crippen molar-refractivity contribution in [3.8, 4) is 0 Å². The van der Waals surface area contributed by atoms with Gasteiger partial charge < -0.3 is 9.47 Å². The Kier molecular flexibility index (Phi) is 5.02. The number of halogens is 3. The zero-order valence-electron chi connectivity index (χ0n) is 16.0. The molecule has 1 amide bonds. The smallest absolute Gasteiger partial charge is 0.338 e. The second-order valence-electron chi connectivity index (χ2n) is 7.28. The highest BCUT2D eigenvalue weighted by Crippen LogP contribution is 2.31. The molecule has 1 aliphatic heterocycles. The maximum Gasteiger partial charge on any atom is 0.416 e. The zero-order chi connectivity index (χ0) is 20.6. The molecule has 0 aliphatic carbocycles. The predicted molar refractivity (Wildman–Crippen MR) is 103 cm³/mol. The predicted octanol–water partition coefficient (Wildman–Crippen LogP) is 4.49. The van der Waals surface area contributed by atoms with Crippen LogP contribution in [0.2, 0.25) is 0 Å². The summed E-state index contributed by atoms with van der Waals surface area (Å²) in [6.45, 7) is 3.93. The Morgan fingerprint density at radius 2 is 1.97 bits per heavy atom. The summed E-state index contributed by atoms with van der Waals surface area (Å²) in [4.78, 5) is 23.7. The molecule has 3 aromatic rings. The molecule has 0 N–H and O–H groups in total. The summed E-state index contributed by atoms with van der Waals surface area (Å²) in [6.07, 6.45) is -0.961. The van der Waals surface area contributed by atoms with Gasteiger partial charge >= 0.3 is 6.18 Å². The highest BCUT2D eigenvalue weighted by atomic mass is 19.4. The van der Waals surface area contributed by atoms with Gasteiger partial charge in [0.25, 0.3) is 5.91 Å². The molecule has 4 rings (SSSR count). The number of carbonyl (C=O) groups is 1. The highest BCUT2D eigenvalue weighted by Gasteiger charge is 2.33. The first-order valence-corrected chi connectivity index (χ1v) is 9.66. The van der Waals surface area contributed by atoms with Crippen molar-refractivity contribution >= 4 is 17.1 Å². The summed E-state index contributed by atoms with van der Waals surface area (Å²) in [5.41, 5.74) is 1.19. The van der Waals surface area contributed by atoms with E-state index in [2.05, 4.69) is 16.5 Å². The number of rotatable bonds is 4. The van der Waals surface area contributed by atoms with E-state index in [0.29, 0.717) is 13.1 Å². The molecule has 1 fully saturated rings. The number of aromatic nitrogens is 3. The van der Waals surface area contributed by atoms with Crippen LogP contribution in [0.1, 0.15) is 47.4 Å². The summed E-state index contributed by atoms with van der Waals surface area (Å²) < 4.78 is 40.3. The number of aryl methyl sites for hydroxylation is 1. The van der Waals surface area contributed by atoms with Crippen molar-refractivity contribution in [1.29, 1.82) is 0 Å². The number of amides is 1. The van der Waals surface area contributed by atoms with Gasteiger partial charge in [0, 0.05) is 37.3 Å². The van der Waals surface area contributed by atoms with Crippen LogP contribution in [0.4, 0.5) is 13.2 Å². The topological polar surface area (TPSA) is 51.0 Å². The molecule has 0 bridgehead atoms. The molecule has 8 heteroatoms. The Hall–Kier alpha value is -2.90. The molecule has 2 aromatic heterocycles. The number of fused-ring (bicyclic) bond motifs is 1. The van der Waals surface area contributed by atoms with Crippen molar-refractivity contribution in [2.24, 2.45) is 0 Å². The molecule has 0 saturated carbocycles. The van der Waals surface area contributed by atoms with E-state index in [0.717, 1.165) is 48.5 Å². The lowest BCUT2D eigenvalue weighted by molar-refractivity contribution is -0.137. The van der Waals surface area contributed by atoms with E-state index in [1.54, 1.807) is 11.1 Å². The zero-order valence-corrected chi connectivity index (χ0v) is 16.0. The van der Waals surface area contributed by atoms with Gasteiger partial charge in [0.15, 0.2) is 5.65 Å². The molecule has 0 unspecified atom stereocenters. The number of imidazole rings is 1. The Morgan fingerprint density at radius 3 is 2.66 bits per heavy atom. The highest BCUT2D eigenvalue weighted by molar-refractivity contribution is 5.94. The molecule has 1 saturated heterocycles. The first kappa shape index (κ1) is 19.4. The molecular weight excluding hydrogens is 381 g/mol. The molecule has 1 aliphatic rings. The number of nitrogens with zero attached hydrogens (tertiary/aromatic N) is 4. The van der Waals surface area contributed by atoms with Crippen molar-refractivity contribution in [2.75, 3.05) is 13.1 Å². The number of hydrogen-bond donors (Lipinski definition) is 0. The van der Waals surface area contributed by atoms with E-state index in [-0.39, 0.29) is 17.4 Å². The van der Waals surface area contributed by atoms with Crippen LogP contribution in [0.5, 0.6) is 0 Å². The Balaban J connectivity index is 1.54. The van der Waals surface area contributed by atoms with Gasteiger partial charge in [0.1, 0.15) is 11.3 Å². The van der Waals surface area contributed by atoms with Crippen LogP contribution in [0.15, 0.2) is 42.6 Å². The van der Waals surface area contributed by atoms with Gasteiger partial charge in [0.2, 0.25) is 0 Å². The molecule has 1 aromatic carbocycles. The average Bonchev–Trinajstić information content (AvgIpc) is 3.32. The van der Waals surface area contributed by atoms with Gasteiger partial charge in [-0.2, -0.15) is 13.2 Å². The first-order valence-electron chi connectivity index (χ1n) is 9.66. The second kappa shape index (κ2) is 7.50. The monoisotopic (exact) mass is 402 g/mol. The standard InChI is InChI=1S/C21H21F3N4O/c1-2-11-28-18(26-17-4-3-10-25-19(17)28)15-9-12-27(13-15)20(29)14-5-7-16(8-6-14)21(22,23)24/h3-8,10,15H,2,9,11-13H2,1H3/t15-/m1/s1. The number of alkyl halides is 3. The third kappa shape index (κ3) is 3.71. The molecule has 29 heavy (non-hydrogen) atoms. The minimum absolute atomic E-state index is 0.0779. The van der Waals surface area contributed by atoms with Crippen LogP contribution >= 0.6 is 0 Å². The fourth-order valence-electron chi connectivity index (χ4n) is 3.87. The fourth-order valence-corrected chi connectivity index (χ4v) is 3.87. The van der Waals surface area contributed by atoms with Crippen LogP contribution in [0.25, 0.3) is 11.2 Å². The summed E-state index contributed by atoms with van der Waals surface area (Å²) in [6, 6.07) is 8.17. The summed E-state index contributed by atoms with van der Waals surface area (Å²) >= 11 is 0. The molecule has 5 nitrogen and oxygen atoms in total. The lowest BCUT2D eigenvalue weighted by Gasteiger charge is -2.17. The average molecular weight is 402 g/mol. The lowest BCUT2D eigenvalue weighted by atomic mass is 10.1. The maximum absolute atomic E-state index is 12.8. The molecule has 3 heterocycles.